The number of thioether (sulfide) groups is 1. The van der Waals surface area contributed by atoms with Crippen molar-refractivity contribution in [2.45, 2.75) is 11.5 Å². The highest BCUT2D eigenvalue weighted by Gasteiger charge is 2.15. The van der Waals surface area contributed by atoms with E-state index in [2.05, 4.69) is 5.32 Å². The molecule has 0 saturated carbocycles. The van der Waals surface area contributed by atoms with Crippen LogP contribution < -0.4 is 5.32 Å². The molecular formula is C15H15ClN2O2S. The van der Waals surface area contributed by atoms with Gasteiger partial charge in [-0.25, -0.2) is 0 Å². The predicted molar refractivity (Wildman–Crippen MR) is 89.1 cm³/mol. The van der Waals surface area contributed by atoms with Crippen LogP contribution in [0.1, 0.15) is 11.1 Å². The van der Waals surface area contributed by atoms with E-state index in [4.69, 9.17) is 11.6 Å². The second-order valence-electron chi connectivity index (χ2n) is 4.40. The van der Waals surface area contributed by atoms with Crippen molar-refractivity contribution in [2.24, 2.45) is 0 Å². The first-order valence-corrected chi connectivity index (χ1v) is 7.92. The third-order valence-corrected chi connectivity index (χ3v) is 4.45. The Morgan fingerprint density at radius 3 is 2.48 bits per heavy atom. The number of hydrogen-bond acceptors (Lipinski definition) is 4. The van der Waals surface area contributed by atoms with E-state index in [0.29, 0.717) is 11.4 Å². The molecule has 2 rings (SSSR count). The van der Waals surface area contributed by atoms with Gasteiger partial charge in [-0.1, -0.05) is 41.9 Å². The number of hydrogen-bond donors (Lipinski definition) is 1. The van der Waals surface area contributed by atoms with Gasteiger partial charge in [0, 0.05) is 29.6 Å². The summed E-state index contributed by atoms with van der Waals surface area (Å²) in [6.07, 6.45) is 0. The van der Waals surface area contributed by atoms with Crippen molar-refractivity contribution in [1.82, 2.24) is 0 Å². The van der Waals surface area contributed by atoms with Gasteiger partial charge < -0.3 is 5.32 Å². The van der Waals surface area contributed by atoms with Crippen molar-refractivity contribution < 1.29 is 4.92 Å². The average molecular weight is 323 g/mol. The van der Waals surface area contributed by atoms with Crippen molar-refractivity contribution in [3.63, 3.8) is 0 Å². The summed E-state index contributed by atoms with van der Waals surface area (Å²) in [4.78, 5) is 10.6. The largest absolute Gasteiger partial charge is 0.382 e. The van der Waals surface area contributed by atoms with Crippen LogP contribution in [0, 0.1) is 10.1 Å². The van der Waals surface area contributed by atoms with Gasteiger partial charge in [0.15, 0.2) is 0 Å². The highest BCUT2D eigenvalue weighted by Crippen LogP contribution is 2.31. The quantitative estimate of drug-likeness (QED) is 0.617. The van der Waals surface area contributed by atoms with E-state index < -0.39 is 0 Å². The summed E-state index contributed by atoms with van der Waals surface area (Å²) in [5, 5.41) is 14.7. The normalized spacial score (nSPS) is 10.4. The first-order valence-electron chi connectivity index (χ1n) is 6.38. The van der Waals surface area contributed by atoms with Crippen LogP contribution in [0.3, 0.4) is 0 Å². The summed E-state index contributed by atoms with van der Waals surface area (Å²) in [6, 6.07) is 12.8. The number of nitrogens with zero attached hydrogens (tertiary/aromatic N) is 1. The molecule has 4 nitrogen and oxygen atoms in total. The minimum atomic E-state index is -0.367. The maximum atomic E-state index is 11.0. The number of benzene rings is 2. The van der Waals surface area contributed by atoms with Crippen LogP contribution >= 0.6 is 23.4 Å². The number of nitro groups is 1. The molecule has 0 radical (unpaired) electrons. The summed E-state index contributed by atoms with van der Waals surface area (Å²) in [5.41, 5.74) is 2.67. The Kier molecular flexibility index (Phi) is 5.47. The van der Waals surface area contributed by atoms with Crippen molar-refractivity contribution in [1.29, 1.82) is 0 Å². The van der Waals surface area contributed by atoms with E-state index in [9.17, 15) is 10.1 Å². The van der Waals surface area contributed by atoms with E-state index in [0.717, 1.165) is 21.9 Å². The Morgan fingerprint density at radius 2 is 1.81 bits per heavy atom. The molecule has 2 aromatic rings. The highest BCUT2D eigenvalue weighted by molar-refractivity contribution is 7.97. The summed E-state index contributed by atoms with van der Waals surface area (Å²) >= 11 is 7.79. The van der Waals surface area contributed by atoms with E-state index >= 15 is 0 Å². The fourth-order valence-electron chi connectivity index (χ4n) is 2.03. The molecule has 0 aliphatic heterocycles. The van der Waals surface area contributed by atoms with Crippen LogP contribution in [-0.2, 0) is 11.5 Å². The van der Waals surface area contributed by atoms with Crippen molar-refractivity contribution >= 4 is 34.7 Å². The Morgan fingerprint density at radius 1 is 1.14 bits per heavy atom. The van der Waals surface area contributed by atoms with Gasteiger partial charge >= 0.3 is 0 Å². The van der Waals surface area contributed by atoms with Gasteiger partial charge in [-0.05, 0) is 17.2 Å². The molecule has 0 heterocycles. The van der Waals surface area contributed by atoms with E-state index in [1.54, 1.807) is 24.9 Å². The van der Waals surface area contributed by atoms with E-state index in [1.165, 1.54) is 6.07 Å². The highest BCUT2D eigenvalue weighted by atomic mass is 35.5. The molecule has 0 fully saturated rings. The number of nitro benzene ring substituents is 1. The summed E-state index contributed by atoms with van der Waals surface area (Å²) < 4.78 is 0. The minimum Gasteiger partial charge on any atom is -0.382 e. The maximum Gasteiger partial charge on any atom is 0.292 e. The Hall–Kier alpha value is -1.72. The van der Waals surface area contributed by atoms with Crippen molar-refractivity contribution in [3.8, 4) is 0 Å². The number of rotatable bonds is 6. The SMILES string of the molecule is CNc1c(CSCc2ccccc2Cl)cccc1[N+](=O)[O-]. The lowest BCUT2D eigenvalue weighted by molar-refractivity contribution is -0.384. The zero-order valence-electron chi connectivity index (χ0n) is 11.5. The second-order valence-corrected chi connectivity index (χ2v) is 5.80. The van der Waals surface area contributed by atoms with Crippen LogP contribution in [-0.4, -0.2) is 12.0 Å². The molecule has 0 unspecified atom stereocenters. The molecule has 0 amide bonds. The molecule has 0 aromatic heterocycles. The fraction of sp³-hybridized carbons (Fsp3) is 0.200. The zero-order chi connectivity index (χ0) is 15.2. The molecule has 21 heavy (non-hydrogen) atoms. The van der Waals surface area contributed by atoms with Gasteiger partial charge in [-0.3, -0.25) is 10.1 Å². The van der Waals surface area contributed by atoms with Gasteiger partial charge in [0.05, 0.1) is 4.92 Å². The smallest absolute Gasteiger partial charge is 0.292 e. The summed E-state index contributed by atoms with van der Waals surface area (Å²) in [7, 11) is 1.70. The molecule has 0 aliphatic carbocycles. The van der Waals surface area contributed by atoms with Gasteiger partial charge in [-0.15, -0.1) is 0 Å². The van der Waals surface area contributed by atoms with Crippen LogP contribution in [0.4, 0.5) is 11.4 Å². The summed E-state index contributed by atoms with van der Waals surface area (Å²) in [5.74, 6) is 1.45. The molecule has 0 spiro atoms. The zero-order valence-corrected chi connectivity index (χ0v) is 13.1. The average Bonchev–Trinajstić information content (AvgIpc) is 2.48. The third-order valence-electron chi connectivity index (χ3n) is 3.05. The minimum absolute atomic E-state index is 0.105. The Bertz CT molecular complexity index is 649. The molecule has 0 aliphatic rings. The standard InChI is InChI=1S/C15H15ClN2O2S/c1-17-15-12(6-4-8-14(15)18(19)20)10-21-9-11-5-2-3-7-13(11)16/h2-8,17H,9-10H2,1H3. The van der Waals surface area contributed by atoms with Gasteiger partial charge in [0.1, 0.15) is 5.69 Å². The monoisotopic (exact) mass is 322 g/mol. The fourth-order valence-corrected chi connectivity index (χ4v) is 3.35. The first-order chi connectivity index (χ1) is 10.1. The van der Waals surface area contributed by atoms with Crippen LogP contribution in [0.5, 0.6) is 0 Å². The molecule has 1 N–H and O–H groups in total. The Balaban J connectivity index is 2.08. The molecule has 0 bridgehead atoms. The first kappa shape index (κ1) is 15.7. The van der Waals surface area contributed by atoms with Crippen LogP contribution in [0.2, 0.25) is 5.02 Å². The van der Waals surface area contributed by atoms with Crippen LogP contribution in [0.25, 0.3) is 0 Å². The van der Waals surface area contributed by atoms with Crippen molar-refractivity contribution in [3.05, 3.63) is 68.7 Å². The molecule has 0 saturated heterocycles. The Labute approximate surface area is 132 Å². The molecule has 110 valence electrons. The lowest BCUT2D eigenvalue weighted by Gasteiger charge is -2.09. The van der Waals surface area contributed by atoms with Gasteiger partial charge in [0.25, 0.3) is 5.69 Å². The van der Waals surface area contributed by atoms with E-state index in [1.807, 2.05) is 30.3 Å². The second kappa shape index (κ2) is 7.33. The molecule has 6 heteroatoms. The molecule has 0 atom stereocenters. The van der Waals surface area contributed by atoms with E-state index in [-0.39, 0.29) is 10.6 Å². The van der Waals surface area contributed by atoms with Gasteiger partial charge in [0.2, 0.25) is 0 Å². The lowest BCUT2D eigenvalue weighted by Crippen LogP contribution is -2.00. The maximum absolute atomic E-state index is 11.0. The predicted octanol–water partition coefficient (Wildman–Crippen LogP) is 4.72. The lowest BCUT2D eigenvalue weighted by atomic mass is 10.1. The number of para-hydroxylation sites is 1. The number of nitrogens with one attached hydrogen (secondary N) is 1. The van der Waals surface area contributed by atoms with Gasteiger partial charge in [-0.2, -0.15) is 11.8 Å². The van der Waals surface area contributed by atoms with Crippen molar-refractivity contribution in [2.75, 3.05) is 12.4 Å². The third kappa shape index (κ3) is 3.89. The molecular weight excluding hydrogens is 308 g/mol. The topological polar surface area (TPSA) is 55.2 Å². The molecule has 2 aromatic carbocycles. The summed E-state index contributed by atoms with van der Waals surface area (Å²) in [6.45, 7) is 0. The van der Waals surface area contributed by atoms with Crippen LogP contribution in [0.15, 0.2) is 42.5 Å². The number of halogens is 1. The number of anilines is 1.